The monoisotopic (exact) mass is 242 g/mol. The van der Waals surface area contributed by atoms with Gasteiger partial charge in [-0.3, -0.25) is 4.98 Å². The van der Waals surface area contributed by atoms with Crippen molar-refractivity contribution < 1.29 is 0 Å². The topological polar surface area (TPSA) is 38.9 Å². The molecule has 1 aromatic carbocycles. The molecule has 2 aromatic rings. The van der Waals surface area contributed by atoms with Crippen molar-refractivity contribution in [3.8, 4) is 0 Å². The summed E-state index contributed by atoms with van der Waals surface area (Å²) in [5.41, 5.74) is 8.61. The fourth-order valence-electron chi connectivity index (χ4n) is 1.72. The van der Waals surface area contributed by atoms with E-state index in [1.165, 1.54) is 0 Å². The Bertz CT molecular complexity index is 516. The minimum absolute atomic E-state index is 0.125. The van der Waals surface area contributed by atoms with Crippen LogP contribution in [0.5, 0.6) is 0 Å². The molecule has 1 heterocycles. The number of rotatable bonds is 3. The van der Waals surface area contributed by atoms with Crippen molar-refractivity contribution >= 4 is 25.0 Å². The largest absolute Gasteiger partial charge is 0.324 e. The summed E-state index contributed by atoms with van der Waals surface area (Å²) in [5, 5.41) is 0.692. The molecule has 17 heavy (non-hydrogen) atoms. The van der Waals surface area contributed by atoms with Crippen LogP contribution in [-0.2, 0) is 6.42 Å². The summed E-state index contributed by atoms with van der Waals surface area (Å²) >= 11 is 5.93. The molecule has 2 rings (SSSR count). The van der Waals surface area contributed by atoms with E-state index in [9.17, 15) is 0 Å². The minimum atomic E-state index is -0.125. The van der Waals surface area contributed by atoms with Crippen LogP contribution in [-0.4, -0.2) is 12.8 Å². The van der Waals surface area contributed by atoms with E-state index in [2.05, 4.69) is 4.98 Å². The number of hydrogen-bond donors (Lipinski definition) is 1. The smallest absolute Gasteiger partial charge is 0.142 e. The molecule has 0 aliphatic carbocycles. The van der Waals surface area contributed by atoms with Gasteiger partial charge in [-0.2, -0.15) is 0 Å². The van der Waals surface area contributed by atoms with Crippen molar-refractivity contribution in [3.05, 3.63) is 58.7 Å². The Balaban J connectivity index is 2.17. The quantitative estimate of drug-likeness (QED) is 0.833. The maximum atomic E-state index is 6.12. The van der Waals surface area contributed by atoms with Gasteiger partial charge in [0.05, 0.1) is 0 Å². The highest BCUT2D eigenvalue weighted by atomic mass is 35.5. The fraction of sp³-hybridized carbons (Fsp3) is 0.154. The summed E-state index contributed by atoms with van der Waals surface area (Å²) < 4.78 is 0. The van der Waals surface area contributed by atoms with Crippen LogP contribution in [0.3, 0.4) is 0 Å². The number of nitrogens with two attached hydrogens (primary N) is 1. The molecule has 0 saturated carbocycles. The molecule has 0 aliphatic rings. The molecule has 4 heteroatoms. The van der Waals surface area contributed by atoms with E-state index in [1.54, 1.807) is 6.20 Å². The molecule has 84 valence electrons. The Morgan fingerprint density at radius 2 is 2.12 bits per heavy atom. The van der Waals surface area contributed by atoms with Gasteiger partial charge in [0.1, 0.15) is 7.85 Å². The lowest BCUT2D eigenvalue weighted by atomic mass is 9.91. The zero-order valence-corrected chi connectivity index (χ0v) is 10.1. The summed E-state index contributed by atoms with van der Waals surface area (Å²) in [6, 6.07) is 11.2. The highest BCUT2D eigenvalue weighted by Gasteiger charge is 2.09. The second-order valence-corrected chi connectivity index (χ2v) is 4.35. The van der Waals surface area contributed by atoms with Crippen LogP contribution in [0.2, 0.25) is 5.02 Å². The maximum absolute atomic E-state index is 6.12. The molecule has 0 saturated heterocycles. The average Bonchev–Trinajstić information content (AvgIpc) is 2.32. The molecule has 0 spiro atoms. The van der Waals surface area contributed by atoms with E-state index in [0.29, 0.717) is 17.0 Å². The molecular weight excluding hydrogens is 230 g/mol. The van der Waals surface area contributed by atoms with Crippen LogP contribution in [0.15, 0.2) is 42.6 Å². The SMILES string of the molecule is [B]c1ncccc1CC(N)c1cccc(Cl)c1. The summed E-state index contributed by atoms with van der Waals surface area (Å²) in [7, 11) is 5.78. The summed E-state index contributed by atoms with van der Waals surface area (Å²) in [6.45, 7) is 0. The van der Waals surface area contributed by atoms with Gasteiger partial charge in [0.25, 0.3) is 0 Å². The standard InChI is InChI=1S/C13H12BClN2/c14-13-10(4-2-6-17-13)8-12(16)9-3-1-5-11(15)7-9/h1-7,12H,8,16H2. The van der Waals surface area contributed by atoms with E-state index < -0.39 is 0 Å². The Labute approximate surface area is 107 Å². The Hall–Kier alpha value is -1.32. The first-order valence-electron chi connectivity index (χ1n) is 5.37. The van der Waals surface area contributed by atoms with Crippen molar-refractivity contribution in [3.63, 3.8) is 0 Å². The first kappa shape index (κ1) is 12.2. The third-order valence-corrected chi connectivity index (χ3v) is 2.88. The van der Waals surface area contributed by atoms with Crippen LogP contribution in [0.25, 0.3) is 0 Å². The highest BCUT2D eigenvalue weighted by molar-refractivity contribution is 6.31. The van der Waals surface area contributed by atoms with Gasteiger partial charge in [0.2, 0.25) is 0 Å². The normalized spacial score (nSPS) is 12.4. The lowest BCUT2D eigenvalue weighted by Crippen LogP contribution is -2.20. The van der Waals surface area contributed by atoms with Crippen molar-refractivity contribution in [2.75, 3.05) is 0 Å². The lowest BCUT2D eigenvalue weighted by molar-refractivity contribution is 0.723. The number of aromatic nitrogens is 1. The van der Waals surface area contributed by atoms with Crippen LogP contribution in [0.1, 0.15) is 17.2 Å². The van der Waals surface area contributed by atoms with Crippen LogP contribution in [0.4, 0.5) is 0 Å². The molecule has 2 nitrogen and oxygen atoms in total. The van der Waals surface area contributed by atoms with Gasteiger partial charge in [-0.25, -0.2) is 0 Å². The summed E-state index contributed by atoms with van der Waals surface area (Å²) in [4.78, 5) is 4.04. The first-order valence-corrected chi connectivity index (χ1v) is 5.75. The predicted molar refractivity (Wildman–Crippen MR) is 71.7 cm³/mol. The zero-order valence-electron chi connectivity index (χ0n) is 9.31. The van der Waals surface area contributed by atoms with Crippen LogP contribution >= 0.6 is 11.6 Å². The van der Waals surface area contributed by atoms with Gasteiger partial charge in [0.15, 0.2) is 0 Å². The van der Waals surface area contributed by atoms with Crippen LogP contribution in [0, 0.1) is 0 Å². The number of benzene rings is 1. The molecule has 1 unspecified atom stereocenters. The van der Waals surface area contributed by atoms with Crippen molar-refractivity contribution in [1.29, 1.82) is 0 Å². The van der Waals surface area contributed by atoms with E-state index in [0.717, 1.165) is 11.1 Å². The average molecular weight is 243 g/mol. The molecular formula is C13H12BClN2. The Morgan fingerprint density at radius 3 is 2.82 bits per heavy atom. The van der Waals surface area contributed by atoms with Gasteiger partial charge in [0, 0.05) is 17.3 Å². The van der Waals surface area contributed by atoms with E-state index in [-0.39, 0.29) is 6.04 Å². The molecule has 0 fully saturated rings. The summed E-state index contributed by atoms with van der Waals surface area (Å²) in [5.74, 6) is 0. The predicted octanol–water partition coefficient (Wildman–Crippen LogP) is 1.77. The number of halogens is 1. The van der Waals surface area contributed by atoms with Crippen molar-refractivity contribution in [2.24, 2.45) is 5.73 Å². The van der Waals surface area contributed by atoms with Crippen LogP contribution < -0.4 is 11.3 Å². The highest BCUT2D eigenvalue weighted by Crippen LogP contribution is 2.18. The first-order chi connectivity index (χ1) is 8.16. The van der Waals surface area contributed by atoms with E-state index in [1.807, 2.05) is 36.4 Å². The molecule has 0 aliphatic heterocycles. The molecule has 1 aromatic heterocycles. The molecule has 2 N–H and O–H groups in total. The second-order valence-electron chi connectivity index (χ2n) is 3.91. The summed E-state index contributed by atoms with van der Waals surface area (Å²) in [6.07, 6.45) is 2.32. The molecule has 2 radical (unpaired) electrons. The molecule has 0 amide bonds. The maximum Gasteiger partial charge on any atom is 0.142 e. The molecule has 0 bridgehead atoms. The molecule has 1 atom stereocenters. The lowest BCUT2D eigenvalue weighted by Gasteiger charge is -2.13. The van der Waals surface area contributed by atoms with Gasteiger partial charge < -0.3 is 5.73 Å². The van der Waals surface area contributed by atoms with Gasteiger partial charge in [-0.1, -0.05) is 29.8 Å². The fourth-order valence-corrected chi connectivity index (χ4v) is 1.91. The van der Waals surface area contributed by atoms with Gasteiger partial charge >= 0.3 is 0 Å². The third-order valence-electron chi connectivity index (χ3n) is 2.64. The zero-order chi connectivity index (χ0) is 12.3. The van der Waals surface area contributed by atoms with Crippen molar-refractivity contribution in [2.45, 2.75) is 12.5 Å². The van der Waals surface area contributed by atoms with Crippen molar-refractivity contribution in [1.82, 2.24) is 4.98 Å². The second kappa shape index (κ2) is 5.34. The minimum Gasteiger partial charge on any atom is -0.324 e. The third kappa shape index (κ3) is 3.08. The van der Waals surface area contributed by atoms with Gasteiger partial charge in [-0.15, -0.1) is 0 Å². The van der Waals surface area contributed by atoms with E-state index in [4.69, 9.17) is 25.2 Å². The Kier molecular flexibility index (Phi) is 3.82. The van der Waals surface area contributed by atoms with E-state index >= 15 is 0 Å². The Morgan fingerprint density at radius 1 is 1.29 bits per heavy atom. The number of hydrogen-bond acceptors (Lipinski definition) is 2. The number of nitrogens with zero attached hydrogens (tertiary/aromatic N) is 1. The van der Waals surface area contributed by atoms with Gasteiger partial charge in [-0.05, 0) is 41.3 Å². The number of pyridine rings is 1.